The van der Waals surface area contributed by atoms with Gasteiger partial charge < -0.3 is 0 Å². The Kier molecular flexibility index (Phi) is 4.29. The number of hydrogen-bond acceptors (Lipinski definition) is 3. The van der Waals surface area contributed by atoms with Crippen molar-refractivity contribution in [3.63, 3.8) is 0 Å². The predicted octanol–water partition coefficient (Wildman–Crippen LogP) is -3.27. The van der Waals surface area contributed by atoms with Gasteiger partial charge in [0.05, 0.1) is 0 Å². The van der Waals surface area contributed by atoms with Gasteiger partial charge in [-0.3, -0.25) is 0 Å². The molecule has 0 saturated carbocycles. The van der Waals surface area contributed by atoms with Crippen molar-refractivity contribution in [1.29, 1.82) is 0 Å². The van der Waals surface area contributed by atoms with Crippen molar-refractivity contribution in [2.75, 3.05) is 4.55 Å². The minimum atomic E-state index is -0.571. The average molecular weight is 239 g/mol. The number of halogens is 1. The zero-order chi connectivity index (χ0) is 7.28. The minimum absolute atomic E-state index is 0.0406. The maximum atomic E-state index is 10.6. The van der Waals surface area contributed by atoms with Crippen LogP contribution in [-0.4, -0.2) is 15.1 Å². The van der Waals surface area contributed by atoms with Crippen LogP contribution in [0.25, 0.3) is 0 Å². The van der Waals surface area contributed by atoms with Crippen LogP contribution >= 0.6 is 0 Å². The van der Waals surface area contributed by atoms with E-state index in [1.54, 1.807) is 0 Å². The van der Waals surface area contributed by atoms with Crippen molar-refractivity contribution in [3.05, 3.63) is 12.3 Å². The number of aliphatic imine (C=N–C) groups is 1. The second-order valence-electron chi connectivity index (χ2n) is 1.28. The van der Waals surface area contributed by atoms with Crippen molar-refractivity contribution >= 4 is 10.5 Å². The molecule has 0 aliphatic rings. The molecular formula is C5H8IN2O-. The van der Waals surface area contributed by atoms with Crippen LogP contribution in [-0.2, 0) is 4.79 Å². The fourth-order valence-corrected chi connectivity index (χ4v) is 1.22. The second-order valence-corrected chi connectivity index (χ2v) is 3.70. The first-order valence-corrected chi connectivity index (χ1v) is 4.79. The van der Waals surface area contributed by atoms with E-state index in [-0.39, 0.29) is 9.49 Å². The number of carbonyl (C=O) groups is 1. The summed E-state index contributed by atoms with van der Waals surface area (Å²) < 4.78 is 0.495. The molecule has 0 aromatic carbocycles. The summed E-state index contributed by atoms with van der Waals surface area (Å²) in [6.45, 7) is 6.55. The van der Waals surface area contributed by atoms with Crippen LogP contribution in [0.15, 0.2) is 17.3 Å². The van der Waals surface area contributed by atoms with Gasteiger partial charge in [0.15, 0.2) is 0 Å². The van der Waals surface area contributed by atoms with Crippen molar-refractivity contribution in [2.45, 2.75) is 0 Å². The van der Waals surface area contributed by atoms with Crippen molar-refractivity contribution in [1.82, 2.24) is 0 Å². The molecule has 0 radical (unpaired) electrons. The quantitative estimate of drug-likeness (QED) is 0.140. The van der Waals surface area contributed by atoms with E-state index in [1.165, 1.54) is 0 Å². The standard InChI is InChI=1S/C5H8IN2O/c1-4(7)5(9)6-3-8-2/h1-3,7H2/q-1. The van der Waals surface area contributed by atoms with Crippen molar-refractivity contribution < 1.29 is 26.0 Å². The van der Waals surface area contributed by atoms with E-state index in [4.69, 9.17) is 5.73 Å². The Morgan fingerprint density at radius 1 is 1.78 bits per heavy atom. The summed E-state index contributed by atoms with van der Waals surface area (Å²) in [6.07, 6.45) is 0. The Morgan fingerprint density at radius 2 is 2.33 bits per heavy atom. The molecule has 0 aromatic heterocycles. The molecule has 52 valence electrons. The van der Waals surface area contributed by atoms with Crippen LogP contribution in [0.1, 0.15) is 0 Å². The summed E-state index contributed by atoms with van der Waals surface area (Å²) in [5.41, 5.74) is 5.24. The summed E-state index contributed by atoms with van der Waals surface area (Å²) in [4.78, 5) is 14.2. The van der Waals surface area contributed by atoms with Crippen LogP contribution in [0, 0.1) is 0 Å². The van der Waals surface area contributed by atoms with Crippen LogP contribution < -0.4 is 26.9 Å². The molecular weight excluding hydrogens is 231 g/mol. The number of hydrogen-bond donors (Lipinski definition) is 1. The van der Waals surface area contributed by atoms with E-state index in [0.29, 0.717) is 4.55 Å². The summed E-state index contributed by atoms with van der Waals surface area (Å²) in [7, 11) is 0. The summed E-state index contributed by atoms with van der Waals surface area (Å²) in [5.74, 6) is 0. The Labute approximate surface area is 64.3 Å². The van der Waals surface area contributed by atoms with Crippen molar-refractivity contribution in [2.24, 2.45) is 10.7 Å². The fraction of sp³-hybridized carbons (Fsp3) is 0.200. The predicted molar refractivity (Wildman–Crippen MR) is 32.8 cm³/mol. The first-order valence-electron chi connectivity index (χ1n) is 2.19. The van der Waals surface area contributed by atoms with Gasteiger partial charge in [-0.25, -0.2) is 0 Å². The first kappa shape index (κ1) is 8.61. The van der Waals surface area contributed by atoms with Gasteiger partial charge in [0.25, 0.3) is 0 Å². The van der Waals surface area contributed by atoms with Gasteiger partial charge in [-0.1, -0.05) is 0 Å². The third-order valence-corrected chi connectivity index (χ3v) is 2.73. The summed E-state index contributed by atoms with van der Waals surface area (Å²) in [6, 6.07) is 0. The van der Waals surface area contributed by atoms with Gasteiger partial charge >= 0.3 is 64.1 Å². The molecule has 0 spiro atoms. The van der Waals surface area contributed by atoms with E-state index in [1.807, 2.05) is 0 Å². The zero-order valence-corrected chi connectivity index (χ0v) is 7.09. The molecule has 0 bridgehead atoms. The molecule has 0 heterocycles. The summed E-state index contributed by atoms with van der Waals surface area (Å²) in [5, 5.41) is 0. The first-order chi connectivity index (χ1) is 4.18. The molecule has 0 aromatic rings. The molecule has 0 atom stereocenters. The molecule has 0 rings (SSSR count). The van der Waals surface area contributed by atoms with Gasteiger partial charge in [0.2, 0.25) is 0 Å². The molecule has 0 unspecified atom stereocenters. The van der Waals surface area contributed by atoms with Gasteiger partial charge in [-0.15, -0.1) is 0 Å². The normalized spacial score (nSPS) is 8.89. The summed E-state index contributed by atoms with van der Waals surface area (Å²) >= 11 is -0.571. The SMILES string of the molecule is C=NC[I-]C(=O)C(=C)N. The number of alkyl halides is 1. The number of carbonyl (C=O) groups excluding carboxylic acids is 1. The monoisotopic (exact) mass is 239 g/mol. The molecule has 0 amide bonds. The molecule has 3 nitrogen and oxygen atoms in total. The molecule has 0 saturated heterocycles. The van der Waals surface area contributed by atoms with Crippen molar-refractivity contribution in [3.8, 4) is 0 Å². The number of allylic oxidation sites excluding steroid dienone is 1. The number of nitrogens with zero attached hydrogens (tertiary/aromatic N) is 1. The van der Waals surface area contributed by atoms with E-state index >= 15 is 0 Å². The zero-order valence-electron chi connectivity index (χ0n) is 4.93. The fourth-order valence-electron chi connectivity index (χ4n) is 0.182. The van der Waals surface area contributed by atoms with Gasteiger partial charge in [0, 0.05) is 0 Å². The Balaban J connectivity index is 3.51. The van der Waals surface area contributed by atoms with E-state index in [9.17, 15) is 4.79 Å². The second kappa shape index (κ2) is 4.49. The molecule has 9 heavy (non-hydrogen) atoms. The molecule has 4 heteroatoms. The van der Waals surface area contributed by atoms with Gasteiger partial charge in [-0.05, 0) is 0 Å². The number of nitrogens with two attached hydrogens (primary N) is 1. The third-order valence-electron chi connectivity index (χ3n) is 0.518. The Hall–Kier alpha value is -0.390. The third kappa shape index (κ3) is 4.14. The van der Waals surface area contributed by atoms with Crippen LogP contribution in [0.5, 0.6) is 0 Å². The topological polar surface area (TPSA) is 55.5 Å². The molecule has 0 aliphatic carbocycles. The molecule has 0 aliphatic heterocycles. The van der Waals surface area contributed by atoms with Gasteiger partial charge in [0.1, 0.15) is 0 Å². The Bertz CT molecular complexity index is 144. The van der Waals surface area contributed by atoms with Gasteiger partial charge in [-0.2, -0.15) is 0 Å². The van der Waals surface area contributed by atoms with Crippen LogP contribution in [0.3, 0.4) is 0 Å². The van der Waals surface area contributed by atoms with E-state index in [0.717, 1.165) is 0 Å². The molecule has 2 N–H and O–H groups in total. The number of rotatable bonds is 4. The Morgan fingerprint density at radius 3 is 2.67 bits per heavy atom. The molecule has 0 fully saturated rings. The van der Waals surface area contributed by atoms with Crippen LogP contribution in [0.2, 0.25) is 0 Å². The van der Waals surface area contributed by atoms with E-state index < -0.39 is 21.2 Å². The van der Waals surface area contributed by atoms with Crippen LogP contribution in [0.4, 0.5) is 0 Å². The maximum absolute atomic E-state index is 10.6. The average Bonchev–Trinajstić information content (AvgIpc) is 1.82. The van der Waals surface area contributed by atoms with E-state index in [2.05, 4.69) is 18.3 Å².